The Morgan fingerprint density at radius 2 is 2.17 bits per heavy atom. The number of morpholine rings is 1. The highest BCUT2D eigenvalue weighted by molar-refractivity contribution is 9.10. The zero-order valence-electron chi connectivity index (χ0n) is 13.0. The van der Waals surface area contributed by atoms with E-state index in [9.17, 15) is 4.79 Å². The van der Waals surface area contributed by atoms with Crippen molar-refractivity contribution in [3.05, 3.63) is 58.3 Å². The molecule has 2 atom stereocenters. The minimum absolute atomic E-state index is 0.205. The number of halogens is 1. The molecule has 0 amide bonds. The van der Waals surface area contributed by atoms with Crippen LogP contribution < -0.4 is 4.90 Å². The number of hydrogen-bond donors (Lipinski definition) is 0. The third-order valence-corrected chi connectivity index (χ3v) is 4.88. The van der Waals surface area contributed by atoms with E-state index in [0.29, 0.717) is 25.2 Å². The molecule has 2 unspecified atom stereocenters. The van der Waals surface area contributed by atoms with Crippen molar-refractivity contribution in [3.8, 4) is 0 Å². The van der Waals surface area contributed by atoms with E-state index < -0.39 is 0 Å². The van der Waals surface area contributed by atoms with Crippen LogP contribution in [-0.4, -0.2) is 36.8 Å². The number of carbonyl (C=O) groups is 1. The van der Waals surface area contributed by atoms with Crippen LogP contribution in [0.25, 0.3) is 0 Å². The van der Waals surface area contributed by atoms with Gasteiger partial charge in [0.1, 0.15) is 11.8 Å². The summed E-state index contributed by atoms with van der Waals surface area (Å²) in [5, 5.41) is 0. The average molecular weight is 389 g/mol. The molecular weight excluding hydrogens is 372 g/mol. The first kappa shape index (κ1) is 15.6. The van der Waals surface area contributed by atoms with Crippen molar-refractivity contribution in [3.63, 3.8) is 0 Å². The van der Waals surface area contributed by atoms with Gasteiger partial charge in [0, 0.05) is 23.6 Å². The molecule has 0 N–H and O–H groups in total. The average Bonchev–Trinajstić information content (AvgIpc) is 2.62. The minimum atomic E-state index is -0.358. The maximum absolute atomic E-state index is 12.4. The van der Waals surface area contributed by atoms with E-state index in [1.165, 1.54) is 0 Å². The van der Waals surface area contributed by atoms with Crippen LogP contribution in [0.4, 0.5) is 5.69 Å². The van der Waals surface area contributed by atoms with Crippen LogP contribution >= 0.6 is 15.9 Å². The number of esters is 1. The first-order valence-corrected chi connectivity index (χ1v) is 8.77. The molecule has 3 heterocycles. The number of pyridine rings is 1. The summed E-state index contributed by atoms with van der Waals surface area (Å²) in [6.07, 6.45) is 2.09. The van der Waals surface area contributed by atoms with Gasteiger partial charge < -0.3 is 14.4 Å². The number of fused-ring (bicyclic) bond motifs is 3. The van der Waals surface area contributed by atoms with Crippen molar-refractivity contribution in [1.29, 1.82) is 0 Å². The summed E-state index contributed by atoms with van der Waals surface area (Å²) in [5.74, 6) is -0.318. The van der Waals surface area contributed by atoms with Crippen molar-refractivity contribution >= 4 is 27.6 Å². The number of aromatic nitrogens is 1. The highest BCUT2D eigenvalue weighted by atomic mass is 79.9. The second-order valence-electron chi connectivity index (χ2n) is 5.98. The van der Waals surface area contributed by atoms with Crippen LogP contribution in [0, 0.1) is 0 Å². The Hall–Kier alpha value is -1.92. The van der Waals surface area contributed by atoms with E-state index >= 15 is 0 Å². The molecule has 2 aliphatic rings. The maximum atomic E-state index is 12.4. The molecule has 1 aromatic heterocycles. The van der Waals surface area contributed by atoms with Crippen LogP contribution in [-0.2, 0) is 9.47 Å². The fourth-order valence-electron chi connectivity index (χ4n) is 3.32. The number of nitrogens with zero attached hydrogens (tertiary/aromatic N) is 2. The summed E-state index contributed by atoms with van der Waals surface area (Å²) in [6.45, 7) is 2.18. The Kier molecular flexibility index (Phi) is 4.24. The third kappa shape index (κ3) is 2.91. The van der Waals surface area contributed by atoms with Gasteiger partial charge in [-0.1, -0.05) is 18.2 Å². The molecule has 6 heteroatoms. The van der Waals surface area contributed by atoms with Gasteiger partial charge in [-0.2, -0.15) is 0 Å². The number of ether oxygens (including phenoxy) is 2. The number of rotatable bonds is 2. The Balaban J connectivity index is 1.65. The number of benzene rings is 1. The van der Waals surface area contributed by atoms with E-state index in [2.05, 4.69) is 25.8 Å². The van der Waals surface area contributed by atoms with Gasteiger partial charge in [0.15, 0.2) is 0 Å². The van der Waals surface area contributed by atoms with Gasteiger partial charge in [-0.25, -0.2) is 4.79 Å². The smallest absolute Gasteiger partial charge is 0.338 e. The molecule has 24 heavy (non-hydrogen) atoms. The fraction of sp³-hybridized carbons (Fsp3) is 0.333. The van der Waals surface area contributed by atoms with Crippen LogP contribution in [0.3, 0.4) is 0 Å². The Morgan fingerprint density at radius 1 is 1.33 bits per heavy atom. The van der Waals surface area contributed by atoms with E-state index in [1.54, 1.807) is 18.3 Å². The maximum Gasteiger partial charge on any atom is 0.338 e. The molecule has 2 aliphatic heterocycles. The fourth-order valence-corrected chi connectivity index (χ4v) is 3.64. The van der Waals surface area contributed by atoms with Crippen molar-refractivity contribution in [2.75, 3.05) is 24.7 Å². The highest BCUT2D eigenvalue weighted by Crippen LogP contribution is 2.40. The van der Waals surface area contributed by atoms with Gasteiger partial charge in [-0.3, -0.25) is 4.98 Å². The van der Waals surface area contributed by atoms with Gasteiger partial charge in [0.25, 0.3) is 0 Å². The summed E-state index contributed by atoms with van der Waals surface area (Å²) < 4.78 is 12.3. The van der Waals surface area contributed by atoms with Gasteiger partial charge >= 0.3 is 5.97 Å². The molecule has 0 spiro atoms. The van der Waals surface area contributed by atoms with E-state index in [-0.39, 0.29) is 18.1 Å². The monoisotopic (exact) mass is 388 g/mol. The zero-order chi connectivity index (χ0) is 16.5. The molecule has 1 saturated heterocycles. The predicted molar refractivity (Wildman–Crippen MR) is 93.1 cm³/mol. The summed E-state index contributed by atoms with van der Waals surface area (Å²) in [5.41, 5.74) is 2.40. The number of hydrogen-bond acceptors (Lipinski definition) is 5. The lowest BCUT2D eigenvalue weighted by atomic mass is 9.96. The van der Waals surface area contributed by atoms with E-state index in [1.807, 2.05) is 24.3 Å². The number of carbonyl (C=O) groups excluding carboxylic acids is 1. The van der Waals surface area contributed by atoms with Crippen molar-refractivity contribution in [1.82, 2.24) is 4.98 Å². The van der Waals surface area contributed by atoms with Crippen LogP contribution in [0.2, 0.25) is 0 Å². The zero-order valence-corrected chi connectivity index (χ0v) is 14.6. The van der Waals surface area contributed by atoms with Gasteiger partial charge in [-0.15, -0.1) is 0 Å². The second kappa shape index (κ2) is 6.53. The molecule has 2 aromatic rings. The third-order valence-electron chi connectivity index (χ3n) is 4.45. The number of anilines is 1. The SMILES string of the molecule is O=C(OC1CC2COCCN2c2cc(Br)cnc21)c1ccccc1. The largest absolute Gasteiger partial charge is 0.452 e. The molecule has 0 aliphatic carbocycles. The first-order chi connectivity index (χ1) is 11.7. The molecule has 5 nitrogen and oxygen atoms in total. The van der Waals surface area contributed by atoms with Crippen molar-refractivity contribution in [2.24, 2.45) is 0 Å². The van der Waals surface area contributed by atoms with Crippen molar-refractivity contribution < 1.29 is 14.3 Å². The Morgan fingerprint density at radius 3 is 3.00 bits per heavy atom. The van der Waals surface area contributed by atoms with E-state index in [0.717, 1.165) is 22.4 Å². The normalized spacial score (nSPS) is 22.5. The molecule has 1 aromatic carbocycles. The van der Waals surface area contributed by atoms with Crippen LogP contribution in [0.15, 0.2) is 47.1 Å². The Labute approximate surface area is 148 Å². The highest BCUT2D eigenvalue weighted by Gasteiger charge is 2.37. The minimum Gasteiger partial charge on any atom is -0.452 e. The van der Waals surface area contributed by atoms with Gasteiger partial charge in [0.2, 0.25) is 0 Å². The summed E-state index contributed by atoms with van der Waals surface area (Å²) in [7, 11) is 0. The molecule has 124 valence electrons. The van der Waals surface area contributed by atoms with Crippen molar-refractivity contribution in [2.45, 2.75) is 18.6 Å². The Bertz CT molecular complexity index is 753. The molecule has 0 radical (unpaired) electrons. The first-order valence-electron chi connectivity index (χ1n) is 7.98. The van der Waals surface area contributed by atoms with Gasteiger partial charge in [0.05, 0.1) is 30.5 Å². The lowest BCUT2D eigenvalue weighted by Gasteiger charge is -2.43. The molecule has 4 rings (SSSR count). The summed E-state index contributed by atoms with van der Waals surface area (Å²) in [6, 6.07) is 11.3. The molecule has 0 bridgehead atoms. The lowest BCUT2D eigenvalue weighted by molar-refractivity contribution is 0.0133. The second-order valence-corrected chi connectivity index (χ2v) is 6.89. The lowest BCUT2D eigenvalue weighted by Crippen LogP contribution is -2.49. The molecular formula is C18H17BrN2O3. The molecule has 1 fully saturated rings. The standard InChI is InChI=1S/C18H17BrN2O3/c19-13-8-15-17(20-10-13)16(9-14-11-23-7-6-21(14)15)24-18(22)12-4-2-1-3-5-12/h1-5,8,10,14,16H,6-7,9,11H2. The molecule has 0 saturated carbocycles. The van der Waals surface area contributed by atoms with E-state index in [4.69, 9.17) is 9.47 Å². The topological polar surface area (TPSA) is 51.7 Å². The summed E-state index contributed by atoms with van der Waals surface area (Å²) >= 11 is 3.49. The quantitative estimate of drug-likeness (QED) is 0.738. The predicted octanol–water partition coefficient (Wildman–Crippen LogP) is 3.35. The van der Waals surface area contributed by atoms with Crippen LogP contribution in [0.1, 0.15) is 28.6 Å². The van der Waals surface area contributed by atoms with Gasteiger partial charge in [-0.05, 0) is 34.1 Å². The van der Waals surface area contributed by atoms with Crippen LogP contribution in [0.5, 0.6) is 0 Å². The summed E-state index contributed by atoms with van der Waals surface area (Å²) in [4.78, 5) is 19.3.